The van der Waals surface area contributed by atoms with Crippen molar-refractivity contribution < 1.29 is 4.79 Å². The lowest BCUT2D eigenvalue weighted by molar-refractivity contribution is -0.128. The zero-order chi connectivity index (χ0) is 15.1. The maximum absolute atomic E-state index is 12.3. The van der Waals surface area contributed by atoms with E-state index in [1.165, 1.54) is 19.3 Å². The van der Waals surface area contributed by atoms with Gasteiger partial charge in [0, 0.05) is 24.7 Å². The Morgan fingerprint density at radius 1 is 1.25 bits per heavy atom. The van der Waals surface area contributed by atoms with Gasteiger partial charge in [0.05, 0.1) is 6.04 Å². The average molecular weight is 283 g/mol. The third kappa shape index (κ3) is 5.41. The molecule has 1 amide bonds. The van der Waals surface area contributed by atoms with Crippen LogP contribution in [0, 0.1) is 0 Å². The predicted octanol–water partition coefficient (Wildman–Crippen LogP) is 2.14. The van der Waals surface area contributed by atoms with Crippen LogP contribution in [0.3, 0.4) is 0 Å². The van der Waals surface area contributed by atoms with Crippen molar-refractivity contribution >= 4 is 5.91 Å². The summed E-state index contributed by atoms with van der Waals surface area (Å²) in [7, 11) is 0. The molecule has 3 unspecified atom stereocenters. The van der Waals surface area contributed by atoms with Gasteiger partial charge in [-0.05, 0) is 39.7 Å². The second-order valence-electron chi connectivity index (χ2n) is 6.44. The van der Waals surface area contributed by atoms with Gasteiger partial charge in [-0.15, -0.1) is 0 Å². The fourth-order valence-corrected chi connectivity index (χ4v) is 2.74. The molecule has 0 radical (unpaired) electrons. The molecule has 3 atom stereocenters. The van der Waals surface area contributed by atoms with Gasteiger partial charge in [-0.3, -0.25) is 9.69 Å². The zero-order valence-electron chi connectivity index (χ0n) is 13.9. The Bertz CT molecular complexity index is 293. The van der Waals surface area contributed by atoms with Crippen molar-refractivity contribution in [1.29, 1.82) is 0 Å². The van der Waals surface area contributed by atoms with E-state index in [1.807, 2.05) is 6.92 Å². The molecule has 4 heteroatoms. The van der Waals surface area contributed by atoms with E-state index in [9.17, 15) is 4.79 Å². The van der Waals surface area contributed by atoms with Gasteiger partial charge >= 0.3 is 0 Å². The van der Waals surface area contributed by atoms with Gasteiger partial charge in [0.15, 0.2) is 0 Å². The summed E-state index contributed by atoms with van der Waals surface area (Å²) in [5.41, 5.74) is 0. The topological polar surface area (TPSA) is 44.4 Å². The molecule has 0 aromatic rings. The molecular weight excluding hydrogens is 250 g/mol. The highest BCUT2D eigenvalue weighted by Gasteiger charge is 2.30. The summed E-state index contributed by atoms with van der Waals surface area (Å²) in [5.74, 6) is 0.177. The molecule has 0 aromatic carbocycles. The lowest BCUT2D eigenvalue weighted by atomic mass is 9.99. The second kappa shape index (κ2) is 8.63. The zero-order valence-corrected chi connectivity index (χ0v) is 13.9. The van der Waals surface area contributed by atoms with Crippen molar-refractivity contribution in [2.45, 2.75) is 84.5 Å². The molecule has 1 rings (SSSR count). The molecule has 0 aromatic heterocycles. The first-order valence-corrected chi connectivity index (χ1v) is 8.25. The SMILES string of the molecule is CCC(C)NC(=O)C(C)N1CCCCC1CNC(C)C. The molecule has 1 aliphatic rings. The largest absolute Gasteiger partial charge is 0.352 e. The number of carbonyl (C=O) groups excluding carboxylic acids is 1. The number of hydrogen-bond donors (Lipinski definition) is 2. The molecule has 20 heavy (non-hydrogen) atoms. The molecule has 1 fully saturated rings. The number of likely N-dealkylation sites (tertiary alicyclic amines) is 1. The van der Waals surface area contributed by atoms with Crippen LogP contribution < -0.4 is 10.6 Å². The van der Waals surface area contributed by atoms with Crippen molar-refractivity contribution in [2.24, 2.45) is 0 Å². The Labute approximate surface area is 124 Å². The molecule has 0 saturated carbocycles. The summed E-state index contributed by atoms with van der Waals surface area (Å²) in [6.07, 6.45) is 4.66. The van der Waals surface area contributed by atoms with E-state index in [0.29, 0.717) is 12.1 Å². The van der Waals surface area contributed by atoms with E-state index in [0.717, 1.165) is 19.5 Å². The molecule has 118 valence electrons. The predicted molar refractivity (Wildman–Crippen MR) is 84.8 cm³/mol. The van der Waals surface area contributed by atoms with Crippen LogP contribution in [0.5, 0.6) is 0 Å². The van der Waals surface area contributed by atoms with Gasteiger partial charge in [-0.25, -0.2) is 0 Å². The smallest absolute Gasteiger partial charge is 0.237 e. The van der Waals surface area contributed by atoms with Crippen molar-refractivity contribution in [1.82, 2.24) is 15.5 Å². The van der Waals surface area contributed by atoms with E-state index < -0.39 is 0 Å². The molecule has 4 nitrogen and oxygen atoms in total. The standard InChI is InChI=1S/C16H33N3O/c1-6-13(4)18-16(20)14(5)19-10-8-7-9-15(19)11-17-12(2)3/h12-15,17H,6-11H2,1-5H3,(H,18,20). The molecule has 2 N–H and O–H groups in total. The Hall–Kier alpha value is -0.610. The van der Waals surface area contributed by atoms with Crippen molar-refractivity contribution in [3.63, 3.8) is 0 Å². The molecule has 1 heterocycles. The van der Waals surface area contributed by atoms with E-state index in [1.54, 1.807) is 0 Å². The second-order valence-corrected chi connectivity index (χ2v) is 6.44. The molecule has 1 saturated heterocycles. The monoisotopic (exact) mass is 283 g/mol. The highest BCUT2D eigenvalue weighted by molar-refractivity contribution is 5.81. The summed E-state index contributed by atoms with van der Waals surface area (Å²) in [4.78, 5) is 14.7. The van der Waals surface area contributed by atoms with E-state index in [-0.39, 0.29) is 18.0 Å². The fourth-order valence-electron chi connectivity index (χ4n) is 2.74. The van der Waals surface area contributed by atoms with Crippen LogP contribution in [0.25, 0.3) is 0 Å². The van der Waals surface area contributed by atoms with Gasteiger partial charge in [0.1, 0.15) is 0 Å². The van der Waals surface area contributed by atoms with Gasteiger partial charge in [0.2, 0.25) is 5.91 Å². The Morgan fingerprint density at radius 3 is 2.55 bits per heavy atom. The first-order chi connectivity index (χ1) is 9.45. The fraction of sp³-hybridized carbons (Fsp3) is 0.938. The third-order valence-corrected chi connectivity index (χ3v) is 4.31. The van der Waals surface area contributed by atoms with E-state index >= 15 is 0 Å². The summed E-state index contributed by atoms with van der Waals surface area (Å²) < 4.78 is 0. The quantitative estimate of drug-likeness (QED) is 0.752. The van der Waals surface area contributed by atoms with Gasteiger partial charge in [0.25, 0.3) is 0 Å². The van der Waals surface area contributed by atoms with Gasteiger partial charge in [-0.1, -0.05) is 27.2 Å². The number of amides is 1. The molecule has 1 aliphatic heterocycles. The van der Waals surface area contributed by atoms with Crippen LogP contribution in [0.15, 0.2) is 0 Å². The number of hydrogen-bond acceptors (Lipinski definition) is 3. The average Bonchev–Trinajstić information content (AvgIpc) is 2.44. The van der Waals surface area contributed by atoms with E-state index in [4.69, 9.17) is 0 Å². The maximum atomic E-state index is 12.3. The van der Waals surface area contributed by atoms with Crippen LogP contribution in [0.2, 0.25) is 0 Å². The first kappa shape index (κ1) is 17.4. The number of piperidine rings is 1. The number of rotatable bonds is 7. The summed E-state index contributed by atoms with van der Waals surface area (Å²) in [6.45, 7) is 12.6. The minimum Gasteiger partial charge on any atom is -0.352 e. The summed E-state index contributed by atoms with van der Waals surface area (Å²) in [5, 5.41) is 6.63. The highest BCUT2D eigenvalue weighted by Crippen LogP contribution is 2.19. The third-order valence-electron chi connectivity index (χ3n) is 4.31. The molecule has 0 aliphatic carbocycles. The summed E-state index contributed by atoms with van der Waals surface area (Å²) in [6, 6.07) is 1.23. The van der Waals surface area contributed by atoms with E-state index in [2.05, 4.69) is 43.2 Å². The van der Waals surface area contributed by atoms with Gasteiger partial charge in [-0.2, -0.15) is 0 Å². The Kier molecular flexibility index (Phi) is 7.52. The minimum absolute atomic E-state index is 0.0248. The van der Waals surface area contributed by atoms with Crippen molar-refractivity contribution in [2.75, 3.05) is 13.1 Å². The molecule has 0 bridgehead atoms. The van der Waals surface area contributed by atoms with Crippen LogP contribution in [-0.2, 0) is 4.79 Å². The lowest BCUT2D eigenvalue weighted by Gasteiger charge is -2.40. The van der Waals surface area contributed by atoms with Crippen LogP contribution >= 0.6 is 0 Å². The number of nitrogens with zero attached hydrogens (tertiary/aromatic N) is 1. The van der Waals surface area contributed by atoms with Crippen LogP contribution in [-0.4, -0.2) is 48.1 Å². The van der Waals surface area contributed by atoms with Gasteiger partial charge < -0.3 is 10.6 Å². The normalized spacial score (nSPS) is 23.6. The lowest BCUT2D eigenvalue weighted by Crippen LogP contribution is -2.55. The van der Waals surface area contributed by atoms with Crippen LogP contribution in [0.4, 0.5) is 0 Å². The molecular formula is C16H33N3O. The Balaban J connectivity index is 2.56. The minimum atomic E-state index is -0.0248. The number of carbonyl (C=O) groups is 1. The number of nitrogens with one attached hydrogen (secondary N) is 2. The summed E-state index contributed by atoms with van der Waals surface area (Å²) >= 11 is 0. The Morgan fingerprint density at radius 2 is 1.95 bits per heavy atom. The first-order valence-electron chi connectivity index (χ1n) is 8.25. The maximum Gasteiger partial charge on any atom is 0.237 e. The van der Waals surface area contributed by atoms with Crippen molar-refractivity contribution in [3.05, 3.63) is 0 Å². The molecule has 0 spiro atoms. The van der Waals surface area contributed by atoms with Crippen LogP contribution in [0.1, 0.15) is 60.3 Å². The van der Waals surface area contributed by atoms with Crippen molar-refractivity contribution in [3.8, 4) is 0 Å². The highest BCUT2D eigenvalue weighted by atomic mass is 16.2.